The van der Waals surface area contributed by atoms with Crippen LogP contribution in [0.15, 0.2) is 84.9 Å². The van der Waals surface area contributed by atoms with Crippen molar-refractivity contribution in [1.82, 2.24) is 15.8 Å². The number of hydrogen-bond acceptors (Lipinski definition) is 4. The molecule has 4 amide bonds. The van der Waals surface area contributed by atoms with Gasteiger partial charge in [0.2, 0.25) is 0 Å². The average Bonchev–Trinajstić information content (AvgIpc) is 3.07. The number of nitrogens with one attached hydrogen (secondary N) is 2. The molecule has 0 spiro atoms. The molecule has 1 unspecified atom stereocenters. The van der Waals surface area contributed by atoms with E-state index >= 15 is 0 Å². The van der Waals surface area contributed by atoms with Crippen LogP contribution in [0.2, 0.25) is 0 Å². The van der Waals surface area contributed by atoms with Gasteiger partial charge in [0.15, 0.2) is 0 Å². The lowest BCUT2D eigenvalue weighted by Crippen LogP contribution is -2.54. The summed E-state index contributed by atoms with van der Waals surface area (Å²) in [5.41, 5.74) is 6.36. The molecular formula is C24H19N3O4. The van der Waals surface area contributed by atoms with Crippen molar-refractivity contribution in [2.45, 2.75) is 12.5 Å². The molecule has 7 heteroatoms. The van der Waals surface area contributed by atoms with Crippen LogP contribution in [0, 0.1) is 0 Å². The highest BCUT2D eigenvalue weighted by molar-refractivity contribution is 6.22. The van der Waals surface area contributed by atoms with E-state index in [2.05, 4.69) is 10.9 Å². The van der Waals surface area contributed by atoms with Crippen LogP contribution in [-0.2, 0) is 11.2 Å². The summed E-state index contributed by atoms with van der Waals surface area (Å²) in [4.78, 5) is 52.2. The molecule has 2 N–H and O–H groups in total. The van der Waals surface area contributed by atoms with Crippen LogP contribution in [0.4, 0.5) is 0 Å². The first kappa shape index (κ1) is 20.0. The molecule has 1 aliphatic heterocycles. The number of nitrogens with zero attached hydrogens (tertiary/aromatic N) is 1. The third-order valence-electron chi connectivity index (χ3n) is 5.05. The molecule has 0 saturated heterocycles. The zero-order chi connectivity index (χ0) is 21.8. The van der Waals surface area contributed by atoms with Gasteiger partial charge in [-0.25, -0.2) is 0 Å². The SMILES string of the molecule is O=C(NNC(=O)C(Cc1ccccc1)N1C(=O)c2ccccc2C1=O)c1ccccc1. The molecule has 3 aromatic carbocycles. The molecule has 0 aromatic heterocycles. The Bertz CT molecular complexity index is 1110. The molecule has 3 aromatic rings. The van der Waals surface area contributed by atoms with Gasteiger partial charge < -0.3 is 0 Å². The molecule has 4 rings (SSSR count). The van der Waals surface area contributed by atoms with Crippen LogP contribution < -0.4 is 10.9 Å². The van der Waals surface area contributed by atoms with Crippen LogP contribution in [0.3, 0.4) is 0 Å². The standard InChI is InChI=1S/C24H19N3O4/c28-21(17-11-5-2-6-12-17)25-26-22(29)20(15-16-9-3-1-4-10-16)27-23(30)18-13-7-8-14-19(18)24(27)31/h1-14,20H,15H2,(H,25,28)(H,26,29). The number of hydrazine groups is 1. The molecule has 0 radical (unpaired) electrons. The largest absolute Gasteiger partial charge is 0.271 e. The molecule has 0 bridgehead atoms. The van der Waals surface area contributed by atoms with Gasteiger partial charge in [-0.15, -0.1) is 0 Å². The van der Waals surface area contributed by atoms with Crippen LogP contribution in [0.25, 0.3) is 0 Å². The van der Waals surface area contributed by atoms with Crippen molar-refractivity contribution < 1.29 is 19.2 Å². The number of carbonyl (C=O) groups is 4. The van der Waals surface area contributed by atoms with Gasteiger partial charge in [-0.05, 0) is 29.8 Å². The predicted octanol–water partition coefficient (Wildman–Crippen LogP) is 2.36. The van der Waals surface area contributed by atoms with E-state index in [1.54, 1.807) is 66.7 Å². The maximum atomic E-state index is 13.0. The average molecular weight is 413 g/mol. The minimum Gasteiger partial charge on any atom is -0.271 e. The highest BCUT2D eigenvalue weighted by Gasteiger charge is 2.42. The van der Waals surface area contributed by atoms with Crippen LogP contribution in [0.5, 0.6) is 0 Å². The molecule has 0 saturated carbocycles. The Kier molecular flexibility index (Phi) is 5.57. The topological polar surface area (TPSA) is 95.6 Å². The molecule has 154 valence electrons. The molecule has 0 aliphatic carbocycles. The maximum Gasteiger partial charge on any atom is 0.269 e. The van der Waals surface area contributed by atoms with Crippen molar-refractivity contribution in [3.05, 3.63) is 107 Å². The van der Waals surface area contributed by atoms with Crippen molar-refractivity contribution in [1.29, 1.82) is 0 Å². The summed E-state index contributed by atoms with van der Waals surface area (Å²) in [7, 11) is 0. The van der Waals surface area contributed by atoms with E-state index in [-0.39, 0.29) is 17.5 Å². The fourth-order valence-electron chi connectivity index (χ4n) is 3.49. The summed E-state index contributed by atoms with van der Waals surface area (Å²) in [6.07, 6.45) is 0.110. The van der Waals surface area contributed by atoms with Crippen molar-refractivity contribution in [2.24, 2.45) is 0 Å². The fourth-order valence-corrected chi connectivity index (χ4v) is 3.49. The second-order valence-electron chi connectivity index (χ2n) is 7.04. The highest BCUT2D eigenvalue weighted by atomic mass is 16.2. The van der Waals surface area contributed by atoms with Gasteiger partial charge >= 0.3 is 0 Å². The molecular weight excluding hydrogens is 394 g/mol. The van der Waals surface area contributed by atoms with Crippen molar-refractivity contribution in [3.8, 4) is 0 Å². The van der Waals surface area contributed by atoms with Gasteiger partial charge in [-0.1, -0.05) is 60.7 Å². The van der Waals surface area contributed by atoms with E-state index in [1.807, 2.05) is 18.2 Å². The summed E-state index contributed by atoms with van der Waals surface area (Å²) >= 11 is 0. The Labute approximate surface area is 178 Å². The lowest BCUT2D eigenvalue weighted by atomic mass is 10.0. The summed E-state index contributed by atoms with van der Waals surface area (Å²) in [5.74, 6) is -2.24. The Hall–Kier alpha value is -4.26. The molecule has 0 fully saturated rings. The smallest absolute Gasteiger partial charge is 0.269 e. The van der Waals surface area contributed by atoms with E-state index in [9.17, 15) is 19.2 Å². The quantitative estimate of drug-likeness (QED) is 0.496. The molecule has 1 atom stereocenters. The normalized spacial score (nSPS) is 13.5. The fraction of sp³-hybridized carbons (Fsp3) is 0.0833. The Morgan fingerprint density at radius 3 is 1.81 bits per heavy atom. The van der Waals surface area contributed by atoms with Crippen molar-refractivity contribution in [3.63, 3.8) is 0 Å². The number of hydrogen-bond donors (Lipinski definition) is 2. The first-order chi connectivity index (χ1) is 15.1. The van der Waals surface area contributed by atoms with Crippen molar-refractivity contribution >= 4 is 23.6 Å². The van der Waals surface area contributed by atoms with Gasteiger partial charge in [-0.3, -0.25) is 34.9 Å². The summed E-state index contributed by atoms with van der Waals surface area (Å²) in [6.45, 7) is 0. The lowest BCUT2D eigenvalue weighted by Gasteiger charge is -2.25. The Balaban J connectivity index is 1.58. The third-order valence-corrected chi connectivity index (χ3v) is 5.05. The number of imide groups is 1. The van der Waals surface area contributed by atoms with Crippen LogP contribution >= 0.6 is 0 Å². The third kappa shape index (κ3) is 4.06. The summed E-state index contributed by atoms with van der Waals surface area (Å²) < 4.78 is 0. The van der Waals surface area contributed by atoms with Crippen molar-refractivity contribution in [2.75, 3.05) is 0 Å². The number of fused-ring (bicyclic) bond motifs is 1. The summed E-state index contributed by atoms with van der Waals surface area (Å²) in [5, 5.41) is 0. The van der Waals surface area contributed by atoms with Crippen LogP contribution in [-0.4, -0.2) is 34.6 Å². The van der Waals surface area contributed by atoms with E-state index in [1.165, 1.54) is 0 Å². The number of benzene rings is 3. The van der Waals surface area contributed by atoms with E-state index in [0.717, 1.165) is 10.5 Å². The van der Waals surface area contributed by atoms with Gasteiger partial charge in [-0.2, -0.15) is 0 Å². The van der Waals surface area contributed by atoms with Gasteiger partial charge in [0.05, 0.1) is 11.1 Å². The van der Waals surface area contributed by atoms with E-state index in [4.69, 9.17) is 0 Å². The predicted molar refractivity (Wildman–Crippen MR) is 113 cm³/mol. The zero-order valence-corrected chi connectivity index (χ0v) is 16.4. The molecule has 7 nitrogen and oxygen atoms in total. The second-order valence-corrected chi connectivity index (χ2v) is 7.04. The Morgan fingerprint density at radius 1 is 0.710 bits per heavy atom. The lowest BCUT2D eigenvalue weighted by molar-refractivity contribution is -0.125. The summed E-state index contributed by atoms with van der Waals surface area (Å²) in [6, 6.07) is 22.8. The van der Waals surface area contributed by atoms with E-state index in [0.29, 0.717) is 5.56 Å². The maximum absolute atomic E-state index is 13.0. The zero-order valence-electron chi connectivity index (χ0n) is 16.4. The van der Waals surface area contributed by atoms with Gasteiger partial charge in [0.1, 0.15) is 6.04 Å². The van der Waals surface area contributed by atoms with E-state index < -0.39 is 29.7 Å². The number of carbonyl (C=O) groups excluding carboxylic acids is 4. The minimum absolute atomic E-state index is 0.110. The van der Waals surface area contributed by atoms with Crippen LogP contribution in [0.1, 0.15) is 36.6 Å². The first-order valence-electron chi connectivity index (χ1n) is 9.72. The first-order valence-corrected chi connectivity index (χ1v) is 9.72. The number of amides is 4. The molecule has 1 aliphatic rings. The molecule has 31 heavy (non-hydrogen) atoms. The Morgan fingerprint density at radius 2 is 1.23 bits per heavy atom. The minimum atomic E-state index is -1.13. The number of rotatable bonds is 5. The van der Waals surface area contributed by atoms with Gasteiger partial charge in [0.25, 0.3) is 23.6 Å². The molecule has 1 heterocycles. The highest BCUT2D eigenvalue weighted by Crippen LogP contribution is 2.26. The monoisotopic (exact) mass is 413 g/mol. The van der Waals surface area contributed by atoms with Gasteiger partial charge in [0, 0.05) is 12.0 Å². The second kappa shape index (κ2) is 8.62.